The molecule has 3 aromatic rings. The number of piperidine rings is 1. The predicted molar refractivity (Wildman–Crippen MR) is 107 cm³/mol. The lowest BCUT2D eigenvalue weighted by atomic mass is 10.0. The van der Waals surface area contributed by atoms with Gasteiger partial charge in [-0.25, -0.2) is 0 Å². The first-order valence-corrected chi connectivity index (χ1v) is 9.53. The molecule has 0 saturated carbocycles. The first-order valence-electron chi connectivity index (χ1n) is 9.53. The second kappa shape index (κ2) is 7.78. The molecular formula is C23H24N2O2. The summed E-state index contributed by atoms with van der Waals surface area (Å²) in [5.41, 5.74) is 3.12. The summed E-state index contributed by atoms with van der Waals surface area (Å²) in [5.74, 6) is 1.09. The zero-order valence-electron chi connectivity index (χ0n) is 15.6. The number of para-hydroxylation sites is 1. The third kappa shape index (κ3) is 4.11. The smallest absolute Gasteiger partial charge is 0.227 e. The molecule has 2 aromatic carbocycles. The first-order chi connectivity index (χ1) is 13.2. The molecule has 138 valence electrons. The Morgan fingerprint density at radius 3 is 2.70 bits per heavy atom. The number of nitrogens with zero attached hydrogens (tertiary/aromatic N) is 2. The molecule has 4 nitrogen and oxygen atoms in total. The molecule has 1 aliphatic rings. The van der Waals surface area contributed by atoms with Crippen molar-refractivity contribution in [2.75, 3.05) is 13.1 Å². The van der Waals surface area contributed by atoms with Gasteiger partial charge in [-0.15, -0.1) is 0 Å². The topological polar surface area (TPSA) is 42.4 Å². The highest BCUT2D eigenvalue weighted by atomic mass is 16.5. The zero-order valence-corrected chi connectivity index (χ0v) is 15.6. The van der Waals surface area contributed by atoms with Crippen molar-refractivity contribution in [3.63, 3.8) is 0 Å². The molecule has 0 spiro atoms. The number of amides is 1. The molecule has 0 bridgehead atoms. The number of likely N-dealkylation sites (tertiary alicyclic amines) is 1. The number of fused-ring (bicyclic) bond motifs is 1. The van der Waals surface area contributed by atoms with Crippen LogP contribution in [0.2, 0.25) is 0 Å². The van der Waals surface area contributed by atoms with E-state index in [-0.39, 0.29) is 12.0 Å². The summed E-state index contributed by atoms with van der Waals surface area (Å²) >= 11 is 0. The van der Waals surface area contributed by atoms with Crippen molar-refractivity contribution in [2.24, 2.45) is 0 Å². The van der Waals surface area contributed by atoms with Crippen molar-refractivity contribution in [1.29, 1.82) is 0 Å². The summed E-state index contributed by atoms with van der Waals surface area (Å²) in [6, 6.07) is 18.1. The van der Waals surface area contributed by atoms with Crippen LogP contribution in [0.4, 0.5) is 0 Å². The van der Waals surface area contributed by atoms with Crippen LogP contribution in [0.5, 0.6) is 5.75 Å². The van der Waals surface area contributed by atoms with E-state index in [2.05, 4.69) is 24.0 Å². The number of carbonyl (C=O) groups excluding carboxylic acids is 1. The van der Waals surface area contributed by atoms with Gasteiger partial charge in [-0.1, -0.05) is 36.4 Å². The predicted octanol–water partition coefficient (Wildman–Crippen LogP) is 4.16. The molecule has 0 unspecified atom stereocenters. The van der Waals surface area contributed by atoms with Gasteiger partial charge in [0.2, 0.25) is 5.91 Å². The molecule has 0 atom stereocenters. The van der Waals surface area contributed by atoms with E-state index >= 15 is 0 Å². The maximum atomic E-state index is 12.8. The number of hydrogen-bond acceptors (Lipinski definition) is 3. The van der Waals surface area contributed by atoms with Crippen LogP contribution in [0.3, 0.4) is 0 Å². The monoisotopic (exact) mass is 360 g/mol. The Morgan fingerprint density at radius 1 is 1.11 bits per heavy atom. The maximum Gasteiger partial charge on any atom is 0.227 e. The average Bonchev–Trinajstić information content (AvgIpc) is 2.69. The number of ether oxygens (including phenoxy) is 1. The van der Waals surface area contributed by atoms with Crippen LogP contribution in [0.15, 0.2) is 60.8 Å². The molecule has 0 aliphatic carbocycles. The van der Waals surface area contributed by atoms with E-state index in [1.807, 2.05) is 47.4 Å². The highest BCUT2D eigenvalue weighted by Gasteiger charge is 2.24. The molecular weight excluding hydrogens is 336 g/mol. The number of aryl methyl sites for hydroxylation is 1. The summed E-state index contributed by atoms with van der Waals surface area (Å²) < 4.78 is 6.09. The van der Waals surface area contributed by atoms with Gasteiger partial charge in [-0.05, 0) is 36.2 Å². The molecule has 1 fully saturated rings. The molecule has 1 amide bonds. The minimum atomic E-state index is 0.169. The fourth-order valence-electron chi connectivity index (χ4n) is 3.69. The van der Waals surface area contributed by atoms with Crippen LogP contribution >= 0.6 is 0 Å². The molecule has 2 heterocycles. The van der Waals surface area contributed by atoms with Crippen molar-refractivity contribution in [3.05, 3.63) is 71.9 Å². The Balaban J connectivity index is 1.36. The highest BCUT2D eigenvalue weighted by molar-refractivity contribution is 5.87. The Bertz CT molecular complexity index is 941. The van der Waals surface area contributed by atoms with Crippen molar-refractivity contribution < 1.29 is 9.53 Å². The molecule has 1 aromatic heterocycles. The lowest BCUT2D eigenvalue weighted by molar-refractivity contribution is -0.132. The van der Waals surface area contributed by atoms with Gasteiger partial charge in [0, 0.05) is 37.5 Å². The zero-order chi connectivity index (χ0) is 18.6. The second-order valence-corrected chi connectivity index (χ2v) is 7.18. The van der Waals surface area contributed by atoms with Crippen molar-refractivity contribution in [3.8, 4) is 5.75 Å². The van der Waals surface area contributed by atoms with Gasteiger partial charge in [0.1, 0.15) is 11.9 Å². The quantitative estimate of drug-likeness (QED) is 0.702. The van der Waals surface area contributed by atoms with Crippen LogP contribution in [0, 0.1) is 6.92 Å². The summed E-state index contributed by atoms with van der Waals surface area (Å²) in [7, 11) is 0. The molecule has 0 radical (unpaired) electrons. The van der Waals surface area contributed by atoms with Gasteiger partial charge in [-0.2, -0.15) is 0 Å². The number of aromatic nitrogens is 1. The lowest BCUT2D eigenvalue weighted by Crippen LogP contribution is -2.42. The Labute approximate surface area is 159 Å². The van der Waals surface area contributed by atoms with Gasteiger partial charge in [0.05, 0.1) is 11.9 Å². The summed E-state index contributed by atoms with van der Waals surface area (Å²) in [6.45, 7) is 3.55. The fraction of sp³-hybridized carbons (Fsp3) is 0.304. The van der Waals surface area contributed by atoms with Crippen molar-refractivity contribution in [2.45, 2.75) is 32.3 Å². The van der Waals surface area contributed by atoms with E-state index in [4.69, 9.17) is 4.74 Å². The first kappa shape index (κ1) is 17.5. The number of hydrogen-bond donors (Lipinski definition) is 0. The molecule has 1 saturated heterocycles. The normalized spacial score (nSPS) is 15.1. The average molecular weight is 360 g/mol. The number of carbonyl (C=O) groups is 1. The van der Waals surface area contributed by atoms with Crippen LogP contribution < -0.4 is 4.74 Å². The third-order valence-electron chi connectivity index (χ3n) is 5.14. The Hall–Kier alpha value is -2.88. The van der Waals surface area contributed by atoms with Crippen molar-refractivity contribution in [1.82, 2.24) is 9.88 Å². The number of benzene rings is 2. The Morgan fingerprint density at radius 2 is 1.89 bits per heavy atom. The van der Waals surface area contributed by atoms with Gasteiger partial charge in [0.25, 0.3) is 0 Å². The fourth-order valence-corrected chi connectivity index (χ4v) is 3.69. The Kier molecular flexibility index (Phi) is 5.05. The van der Waals surface area contributed by atoms with E-state index in [0.717, 1.165) is 48.1 Å². The van der Waals surface area contributed by atoms with Gasteiger partial charge < -0.3 is 9.64 Å². The number of pyridine rings is 1. The van der Waals surface area contributed by atoms with Crippen LogP contribution in [0.1, 0.15) is 24.0 Å². The van der Waals surface area contributed by atoms with Crippen molar-refractivity contribution >= 4 is 16.8 Å². The van der Waals surface area contributed by atoms with E-state index in [0.29, 0.717) is 6.42 Å². The van der Waals surface area contributed by atoms with E-state index in [1.165, 1.54) is 5.56 Å². The lowest BCUT2D eigenvalue weighted by Gasteiger charge is -2.32. The third-order valence-corrected chi connectivity index (χ3v) is 5.14. The molecule has 1 aliphatic heterocycles. The van der Waals surface area contributed by atoms with Crippen LogP contribution in [-0.4, -0.2) is 35.0 Å². The largest absolute Gasteiger partial charge is 0.490 e. The van der Waals surface area contributed by atoms with Gasteiger partial charge >= 0.3 is 0 Å². The molecule has 4 rings (SSSR count). The van der Waals surface area contributed by atoms with Gasteiger partial charge in [0.15, 0.2) is 0 Å². The van der Waals surface area contributed by atoms with E-state index < -0.39 is 0 Å². The number of rotatable bonds is 4. The SMILES string of the molecule is Cc1cccc(OC2CCN(C(=O)Cc3cccc4cccnc34)CC2)c1. The second-order valence-electron chi connectivity index (χ2n) is 7.18. The van der Waals surface area contributed by atoms with E-state index in [1.54, 1.807) is 6.20 Å². The molecule has 27 heavy (non-hydrogen) atoms. The minimum absolute atomic E-state index is 0.169. The molecule has 0 N–H and O–H groups in total. The standard InChI is InChI=1S/C23H24N2O2/c1-17-5-2-9-21(15-17)27-20-10-13-25(14-11-20)22(26)16-19-7-3-6-18-8-4-12-24-23(18)19/h2-9,12,15,20H,10-11,13-14,16H2,1H3. The summed E-state index contributed by atoms with van der Waals surface area (Å²) in [6.07, 6.45) is 4.10. The van der Waals surface area contributed by atoms with Crippen LogP contribution in [0.25, 0.3) is 10.9 Å². The minimum Gasteiger partial charge on any atom is -0.490 e. The van der Waals surface area contributed by atoms with Crippen LogP contribution in [-0.2, 0) is 11.2 Å². The maximum absolute atomic E-state index is 12.8. The molecule has 4 heteroatoms. The van der Waals surface area contributed by atoms with Gasteiger partial charge in [-0.3, -0.25) is 9.78 Å². The summed E-state index contributed by atoms with van der Waals surface area (Å²) in [4.78, 5) is 19.2. The highest BCUT2D eigenvalue weighted by Crippen LogP contribution is 2.22. The summed E-state index contributed by atoms with van der Waals surface area (Å²) in [5, 5.41) is 1.08. The van der Waals surface area contributed by atoms with E-state index in [9.17, 15) is 4.79 Å².